The minimum Gasteiger partial charge on any atom is -0.384 e. The largest absolute Gasteiger partial charge is 0.384 e. The molecule has 2 rings (SSSR count). The Bertz CT molecular complexity index is 430. The number of amides is 1. The van der Waals surface area contributed by atoms with Gasteiger partial charge in [0.15, 0.2) is 0 Å². The fourth-order valence-electron chi connectivity index (χ4n) is 2.55. The molecule has 1 saturated carbocycles. The first-order valence-electron chi connectivity index (χ1n) is 6.57. The van der Waals surface area contributed by atoms with Crippen molar-refractivity contribution in [2.75, 3.05) is 12.8 Å². The van der Waals surface area contributed by atoms with Crippen molar-refractivity contribution in [2.45, 2.75) is 38.6 Å². The zero-order chi connectivity index (χ0) is 13.1. The Morgan fingerprint density at radius 1 is 1.32 bits per heavy atom. The number of nitrogens with two attached hydrogens (primary N) is 1. The van der Waals surface area contributed by atoms with Crippen LogP contribution in [-0.2, 0) is 0 Å². The molecule has 1 aromatic rings. The van der Waals surface area contributed by atoms with Crippen LogP contribution in [0, 0.1) is 5.92 Å². The number of nitrogen functional groups attached to an aromatic ring is 1. The van der Waals surface area contributed by atoms with Gasteiger partial charge < -0.3 is 10.6 Å². The van der Waals surface area contributed by atoms with Crippen molar-refractivity contribution in [1.82, 2.24) is 9.88 Å². The van der Waals surface area contributed by atoms with Gasteiger partial charge in [-0.3, -0.25) is 4.79 Å². The van der Waals surface area contributed by atoms with Crippen LogP contribution in [0.1, 0.15) is 43.1 Å². The highest BCUT2D eigenvalue weighted by Gasteiger charge is 2.25. The fraction of sp³-hybridized carbons (Fsp3) is 0.571. The van der Waals surface area contributed by atoms with Gasteiger partial charge in [-0.2, -0.15) is 0 Å². The number of nitrogens with zero attached hydrogens (tertiary/aromatic N) is 2. The number of aromatic nitrogens is 1. The number of carbonyl (C=O) groups excluding carboxylic acids is 1. The zero-order valence-corrected chi connectivity index (χ0v) is 12.3. The molecule has 1 amide bonds. The quantitative estimate of drug-likeness (QED) is 0.908. The Hall–Kier alpha value is -1.29. The summed E-state index contributed by atoms with van der Waals surface area (Å²) in [5, 5.41) is 0. The minimum absolute atomic E-state index is 0. The predicted molar refractivity (Wildman–Crippen MR) is 79.4 cm³/mol. The number of anilines is 1. The van der Waals surface area contributed by atoms with Crippen LogP contribution in [-0.4, -0.2) is 28.9 Å². The van der Waals surface area contributed by atoms with Crippen molar-refractivity contribution >= 4 is 24.1 Å². The van der Waals surface area contributed by atoms with Crippen LogP contribution in [0.25, 0.3) is 0 Å². The van der Waals surface area contributed by atoms with Gasteiger partial charge in [0.25, 0.3) is 5.91 Å². The summed E-state index contributed by atoms with van der Waals surface area (Å²) in [7, 11) is 1.87. The molecular weight excluding hydrogens is 262 g/mol. The summed E-state index contributed by atoms with van der Waals surface area (Å²) in [4.78, 5) is 18.2. The molecule has 1 aliphatic rings. The van der Waals surface area contributed by atoms with Crippen LogP contribution in [0.3, 0.4) is 0 Å². The number of halogens is 1. The molecule has 2 N–H and O–H groups in total. The second kappa shape index (κ2) is 6.75. The van der Waals surface area contributed by atoms with Crippen molar-refractivity contribution in [1.29, 1.82) is 0 Å². The van der Waals surface area contributed by atoms with Crippen molar-refractivity contribution in [3.05, 3.63) is 23.9 Å². The van der Waals surface area contributed by atoms with Gasteiger partial charge in [0, 0.05) is 13.1 Å². The summed E-state index contributed by atoms with van der Waals surface area (Å²) in [5.41, 5.74) is 6.05. The smallest absolute Gasteiger partial charge is 0.272 e. The van der Waals surface area contributed by atoms with E-state index in [-0.39, 0.29) is 18.3 Å². The third-order valence-electron chi connectivity index (χ3n) is 3.84. The van der Waals surface area contributed by atoms with E-state index in [0.717, 1.165) is 18.8 Å². The van der Waals surface area contributed by atoms with E-state index in [0.29, 0.717) is 17.6 Å². The third kappa shape index (κ3) is 3.83. The highest BCUT2D eigenvalue weighted by atomic mass is 35.5. The summed E-state index contributed by atoms with van der Waals surface area (Å²) in [6, 6.07) is 5.53. The molecule has 1 aromatic heterocycles. The maximum absolute atomic E-state index is 12.3. The van der Waals surface area contributed by atoms with Gasteiger partial charge in [-0.15, -0.1) is 12.4 Å². The SMILES string of the molecule is CC1CCC(N(C)C(=O)c2cccc(N)n2)CC1.Cl. The summed E-state index contributed by atoms with van der Waals surface area (Å²) >= 11 is 0. The van der Waals surface area contributed by atoms with Crippen LogP contribution in [0.15, 0.2) is 18.2 Å². The van der Waals surface area contributed by atoms with Crippen molar-refractivity contribution in [3.63, 3.8) is 0 Å². The maximum Gasteiger partial charge on any atom is 0.272 e. The molecule has 5 heteroatoms. The molecule has 0 unspecified atom stereocenters. The van der Waals surface area contributed by atoms with Gasteiger partial charge in [-0.05, 0) is 43.7 Å². The van der Waals surface area contributed by atoms with Crippen LogP contribution in [0.2, 0.25) is 0 Å². The molecule has 106 valence electrons. The molecule has 1 aliphatic carbocycles. The molecule has 0 saturated heterocycles. The Morgan fingerprint density at radius 2 is 1.95 bits per heavy atom. The van der Waals surface area contributed by atoms with Crippen molar-refractivity contribution < 1.29 is 4.79 Å². The summed E-state index contributed by atoms with van der Waals surface area (Å²) in [5.74, 6) is 1.16. The van der Waals surface area contributed by atoms with E-state index in [1.807, 2.05) is 11.9 Å². The lowest BCUT2D eigenvalue weighted by Crippen LogP contribution is -2.39. The van der Waals surface area contributed by atoms with Crippen molar-refractivity contribution in [2.24, 2.45) is 5.92 Å². The Labute approximate surface area is 120 Å². The van der Waals surface area contributed by atoms with E-state index < -0.39 is 0 Å². The Balaban J connectivity index is 0.00000180. The number of carbonyl (C=O) groups is 1. The molecule has 1 heterocycles. The van der Waals surface area contributed by atoms with Gasteiger partial charge in [-0.25, -0.2) is 4.98 Å². The number of pyridine rings is 1. The van der Waals surface area contributed by atoms with E-state index in [1.165, 1.54) is 12.8 Å². The zero-order valence-electron chi connectivity index (χ0n) is 11.5. The molecule has 0 bridgehead atoms. The molecule has 19 heavy (non-hydrogen) atoms. The van der Waals surface area contributed by atoms with Crippen LogP contribution >= 0.6 is 12.4 Å². The highest BCUT2D eigenvalue weighted by molar-refractivity contribution is 5.92. The normalized spacial score (nSPS) is 22.4. The summed E-state index contributed by atoms with van der Waals surface area (Å²) in [6.45, 7) is 2.28. The first kappa shape index (κ1) is 15.8. The molecule has 0 aliphatic heterocycles. The molecule has 0 spiro atoms. The lowest BCUT2D eigenvalue weighted by atomic mass is 9.86. The van der Waals surface area contributed by atoms with Gasteiger partial charge in [0.05, 0.1) is 0 Å². The Morgan fingerprint density at radius 3 is 2.53 bits per heavy atom. The first-order chi connectivity index (χ1) is 8.58. The minimum atomic E-state index is -0.0261. The van der Waals surface area contributed by atoms with E-state index >= 15 is 0 Å². The number of rotatable bonds is 2. The average Bonchev–Trinajstić information content (AvgIpc) is 2.38. The first-order valence-corrected chi connectivity index (χ1v) is 6.57. The van der Waals surface area contributed by atoms with E-state index in [9.17, 15) is 4.79 Å². The van der Waals surface area contributed by atoms with Crippen LogP contribution in [0.5, 0.6) is 0 Å². The van der Waals surface area contributed by atoms with E-state index in [1.54, 1.807) is 18.2 Å². The topological polar surface area (TPSA) is 59.2 Å². The lowest BCUT2D eigenvalue weighted by molar-refractivity contribution is 0.0674. The Kier molecular flexibility index (Phi) is 5.60. The second-order valence-corrected chi connectivity index (χ2v) is 5.28. The fourth-order valence-corrected chi connectivity index (χ4v) is 2.55. The molecule has 4 nitrogen and oxygen atoms in total. The summed E-state index contributed by atoms with van der Waals surface area (Å²) in [6.07, 6.45) is 4.58. The molecule has 0 aromatic carbocycles. The maximum atomic E-state index is 12.3. The third-order valence-corrected chi connectivity index (χ3v) is 3.84. The molecule has 0 atom stereocenters. The monoisotopic (exact) mass is 283 g/mol. The molecule has 0 radical (unpaired) electrons. The van der Waals surface area contributed by atoms with E-state index in [2.05, 4.69) is 11.9 Å². The molecule has 1 fully saturated rings. The predicted octanol–water partition coefficient (Wildman–Crippen LogP) is 2.74. The highest BCUT2D eigenvalue weighted by Crippen LogP contribution is 2.27. The van der Waals surface area contributed by atoms with Gasteiger partial charge in [0.2, 0.25) is 0 Å². The standard InChI is InChI=1S/C14H21N3O.ClH/c1-10-6-8-11(9-7-10)17(2)14(18)12-4-3-5-13(15)16-12;/h3-5,10-11H,6-9H2,1-2H3,(H2,15,16);1H. The summed E-state index contributed by atoms with van der Waals surface area (Å²) < 4.78 is 0. The molecular formula is C14H22ClN3O. The number of hydrogen-bond donors (Lipinski definition) is 1. The van der Waals surface area contributed by atoms with Gasteiger partial charge in [-0.1, -0.05) is 13.0 Å². The van der Waals surface area contributed by atoms with Crippen LogP contribution in [0.4, 0.5) is 5.82 Å². The van der Waals surface area contributed by atoms with Crippen molar-refractivity contribution in [3.8, 4) is 0 Å². The number of hydrogen-bond acceptors (Lipinski definition) is 3. The second-order valence-electron chi connectivity index (χ2n) is 5.28. The van der Waals surface area contributed by atoms with Gasteiger partial charge in [0.1, 0.15) is 11.5 Å². The van der Waals surface area contributed by atoms with E-state index in [4.69, 9.17) is 5.73 Å². The lowest BCUT2D eigenvalue weighted by Gasteiger charge is -2.33. The van der Waals surface area contributed by atoms with Gasteiger partial charge >= 0.3 is 0 Å². The van der Waals surface area contributed by atoms with Crippen LogP contribution < -0.4 is 5.73 Å². The average molecular weight is 284 g/mol.